The first kappa shape index (κ1) is 22.3. The quantitative estimate of drug-likeness (QED) is 0.239. The van der Waals surface area contributed by atoms with Gasteiger partial charge < -0.3 is 4.57 Å². The van der Waals surface area contributed by atoms with E-state index in [0.29, 0.717) is 27.2 Å². The number of aromatic nitrogens is 1. The van der Waals surface area contributed by atoms with Crippen molar-refractivity contribution < 1.29 is 9.59 Å². The molecule has 0 atom stereocenters. The van der Waals surface area contributed by atoms with Crippen molar-refractivity contribution in [3.05, 3.63) is 103 Å². The van der Waals surface area contributed by atoms with Crippen LogP contribution in [0.5, 0.6) is 0 Å². The number of benzene rings is 3. The first-order valence-electron chi connectivity index (χ1n) is 9.95. The molecule has 2 heterocycles. The summed E-state index contributed by atoms with van der Waals surface area (Å²) in [6.07, 6.45) is 3.79. The van der Waals surface area contributed by atoms with E-state index in [9.17, 15) is 9.59 Å². The van der Waals surface area contributed by atoms with Gasteiger partial charge in [0.1, 0.15) is 0 Å². The van der Waals surface area contributed by atoms with Crippen LogP contribution in [0.3, 0.4) is 0 Å². The van der Waals surface area contributed by atoms with Crippen LogP contribution in [0.1, 0.15) is 11.1 Å². The number of thioether (sulfide) groups is 1. The van der Waals surface area contributed by atoms with Gasteiger partial charge in [0.2, 0.25) is 0 Å². The number of nitrogens with zero attached hydrogens (tertiary/aromatic N) is 2. The predicted molar refractivity (Wildman–Crippen MR) is 140 cm³/mol. The van der Waals surface area contributed by atoms with Gasteiger partial charge in [-0.2, -0.15) is 0 Å². The van der Waals surface area contributed by atoms with E-state index in [-0.39, 0.29) is 11.1 Å². The molecule has 0 saturated carbocycles. The Kier molecular flexibility index (Phi) is 6.10. The zero-order valence-electron chi connectivity index (χ0n) is 17.0. The Morgan fingerprint density at radius 2 is 1.58 bits per heavy atom. The number of rotatable bonds is 4. The summed E-state index contributed by atoms with van der Waals surface area (Å²) in [5.41, 5.74) is 3.49. The molecule has 5 rings (SSSR count). The van der Waals surface area contributed by atoms with Gasteiger partial charge in [-0.1, -0.05) is 51.3 Å². The molecule has 0 aliphatic carbocycles. The van der Waals surface area contributed by atoms with Gasteiger partial charge in [0, 0.05) is 43.7 Å². The van der Waals surface area contributed by atoms with E-state index in [2.05, 4.69) is 20.5 Å². The van der Waals surface area contributed by atoms with Crippen LogP contribution in [-0.4, -0.2) is 15.7 Å². The van der Waals surface area contributed by atoms with E-state index in [0.717, 1.165) is 38.3 Å². The number of halogens is 3. The van der Waals surface area contributed by atoms with Crippen molar-refractivity contribution in [1.29, 1.82) is 0 Å². The van der Waals surface area contributed by atoms with Crippen molar-refractivity contribution in [1.82, 2.24) is 4.57 Å². The molecule has 0 bridgehead atoms. The Morgan fingerprint density at radius 1 is 0.909 bits per heavy atom. The Bertz CT molecular complexity index is 1430. The molecule has 4 nitrogen and oxygen atoms in total. The number of hydrogen-bond donors (Lipinski definition) is 0. The van der Waals surface area contributed by atoms with E-state index in [1.165, 1.54) is 4.90 Å². The lowest BCUT2D eigenvalue weighted by Gasteiger charge is -2.12. The third kappa shape index (κ3) is 4.49. The molecule has 0 spiro atoms. The van der Waals surface area contributed by atoms with E-state index < -0.39 is 0 Å². The fourth-order valence-electron chi connectivity index (χ4n) is 3.75. The number of carbonyl (C=O) groups is 2. The van der Waals surface area contributed by atoms with E-state index in [1.54, 1.807) is 30.3 Å². The van der Waals surface area contributed by atoms with Crippen molar-refractivity contribution >= 4 is 84.7 Å². The second-order valence-electron chi connectivity index (χ2n) is 7.49. The van der Waals surface area contributed by atoms with Crippen molar-refractivity contribution in [2.75, 3.05) is 4.90 Å². The summed E-state index contributed by atoms with van der Waals surface area (Å²) >= 11 is 16.4. The number of fused-ring (bicyclic) bond motifs is 1. The molecule has 0 unspecified atom stereocenters. The third-order valence-corrected chi connectivity index (χ3v) is 7.17. The van der Waals surface area contributed by atoms with E-state index in [4.69, 9.17) is 23.2 Å². The third-order valence-electron chi connectivity index (χ3n) is 5.31. The summed E-state index contributed by atoms with van der Waals surface area (Å²) in [5, 5.41) is 1.88. The number of imide groups is 1. The average Bonchev–Trinajstić information content (AvgIpc) is 3.26. The molecule has 1 aliphatic rings. The molecule has 1 fully saturated rings. The highest BCUT2D eigenvalue weighted by atomic mass is 79.9. The van der Waals surface area contributed by atoms with Crippen molar-refractivity contribution in [2.45, 2.75) is 6.54 Å². The van der Waals surface area contributed by atoms with E-state index >= 15 is 0 Å². The average molecular weight is 558 g/mol. The molecule has 2 amide bonds. The van der Waals surface area contributed by atoms with Crippen LogP contribution in [0.15, 0.2) is 82.3 Å². The summed E-state index contributed by atoms with van der Waals surface area (Å²) in [6, 6.07) is 20.4. The molecule has 0 N–H and O–H groups in total. The first-order valence-corrected chi connectivity index (χ1v) is 12.3. The minimum atomic E-state index is -0.346. The van der Waals surface area contributed by atoms with Crippen LogP contribution in [0.2, 0.25) is 10.0 Å². The lowest BCUT2D eigenvalue weighted by molar-refractivity contribution is -0.113. The SMILES string of the molecule is O=C1S/C(=C\c2cn(Cc3ccc(Cl)cc3)c3ccc(Br)cc23)C(=O)N1c1ccc(Cl)cc1. The first-order chi connectivity index (χ1) is 15.9. The Hall–Kier alpha value is -2.51. The molecular formula is C25H15BrCl2N2O2S. The van der Waals surface area contributed by atoms with Crippen LogP contribution < -0.4 is 4.90 Å². The molecule has 1 aromatic heterocycles. The van der Waals surface area contributed by atoms with Crippen LogP contribution in [-0.2, 0) is 11.3 Å². The molecule has 1 aliphatic heterocycles. The standard InChI is InChI=1S/C25H15BrCl2N2O2S/c26-17-3-10-22-21(12-17)16(14-29(22)13-15-1-4-18(27)5-2-15)11-23-24(31)30(25(32)33-23)20-8-6-19(28)7-9-20/h1-12,14H,13H2/b23-11-. The van der Waals surface area contributed by atoms with Crippen LogP contribution in [0.4, 0.5) is 10.5 Å². The Balaban J connectivity index is 1.53. The highest BCUT2D eigenvalue weighted by Gasteiger charge is 2.36. The van der Waals surface area contributed by atoms with Gasteiger partial charge >= 0.3 is 0 Å². The Morgan fingerprint density at radius 3 is 2.27 bits per heavy atom. The number of hydrogen-bond acceptors (Lipinski definition) is 3. The largest absolute Gasteiger partial charge is 0.342 e. The van der Waals surface area contributed by atoms with Crippen LogP contribution in [0, 0.1) is 0 Å². The van der Waals surface area contributed by atoms with Gasteiger partial charge in [0.15, 0.2) is 0 Å². The summed E-state index contributed by atoms with van der Waals surface area (Å²) in [7, 11) is 0. The minimum absolute atomic E-state index is 0.334. The zero-order valence-corrected chi connectivity index (χ0v) is 20.9. The number of anilines is 1. The molecule has 8 heteroatoms. The fourth-order valence-corrected chi connectivity index (χ4v) is 5.20. The number of amides is 2. The molecule has 3 aromatic carbocycles. The van der Waals surface area contributed by atoms with Crippen molar-refractivity contribution in [2.24, 2.45) is 0 Å². The monoisotopic (exact) mass is 556 g/mol. The molecule has 33 heavy (non-hydrogen) atoms. The van der Waals surface area contributed by atoms with Crippen molar-refractivity contribution in [3.63, 3.8) is 0 Å². The molecule has 4 aromatic rings. The highest BCUT2D eigenvalue weighted by molar-refractivity contribution is 9.10. The van der Waals surface area contributed by atoms with E-state index in [1.807, 2.05) is 48.7 Å². The van der Waals surface area contributed by atoms with Crippen LogP contribution in [0.25, 0.3) is 17.0 Å². The Labute approximate surface area is 212 Å². The summed E-state index contributed by atoms with van der Waals surface area (Å²) < 4.78 is 3.06. The second-order valence-corrected chi connectivity index (χ2v) is 10.3. The lowest BCUT2D eigenvalue weighted by atomic mass is 10.1. The maximum atomic E-state index is 13.1. The summed E-state index contributed by atoms with van der Waals surface area (Å²) in [5.74, 6) is -0.346. The predicted octanol–water partition coefficient (Wildman–Crippen LogP) is 8.00. The molecule has 1 saturated heterocycles. The van der Waals surface area contributed by atoms with Crippen LogP contribution >= 0.6 is 50.9 Å². The van der Waals surface area contributed by atoms with Crippen molar-refractivity contribution in [3.8, 4) is 0 Å². The molecular weight excluding hydrogens is 543 g/mol. The fraction of sp³-hybridized carbons (Fsp3) is 0.0400. The lowest BCUT2D eigenvalue weighted by Crippen LogP contribution is -2.27. The minimum Gasteiger partial charge on any atom is -0.342 e. The summed E-state index contributed by atoms with van der Waals surface area (Å²) in [6.45, 7) is 0.648. The van der Waals surface area contributed by atoms with Gasteiger partial charge in [0.05, 0.1) is 10.6 Å². The molecule has 164 valence electrons. The maximum Gasteiger partial charge on any atom is 0.298 e. The van der Waals surface area contributed by atoms with Gasteiger partial charge in [-0.15, -0.1) is 0 Å². The van der Waals surface area contributed by atoms with Gasteiger partial charge in [-0.05, 0) is 78.0 Å². The normalized spacial score (nSPS) is 15.2. The van der Waals surface area contributed by atoms with Gasteiger partial charge in [-0.25, -0.2) is 4.90 Å². The smallest absolute Gasteiger partial charge is 0.298 e. The maximum absolute atomic E-state index is 13.1. The zero-order chi connectivity index (χ0) is 23.1. The topological polar surface area (TPSA) is 42.3 Å². The van der Waals surface area contributed by atoms with Gasteiger partial charge in [-0.3, -0.25) is 9.59 Å². The molecule has 0 radical (unpaired) electrons. The van der Waals surface area contributed by atoms with Gasteiger partial charge in [0.25, 0.3) is 11.1 Å². The highest BCUT2D eigenvalue weighted by Crippen LogP contribution is 2.37. The summed E-state index contributed by atoms with van der Waals surface area (Å²) in [4.78, 5) is 27.3. The second kappa shape index (κ2) is 9.03. The number of carbonyl (C=O) groups excluding carboxylic acids is 2.